The van der Waals surface area contributed by atoms with E-state index in [1.807, 2.05) is 0 Å². The van der Waals surface area contributed by atoms with Crippen LogP contribution in [-0.4, -0.2) is 25.9 Å². The SMILES string of the molecule is NS(=O)(=O)c1ccc2c(c1)CN(C(=O)Nc1cccc(Cl)c1)CC2. The molecule has 0 fully saturated rings. The summed E-state index contributed by atoms with van der Waals surface area (Å²) >= 11 is 5.91. The van der Waals surface area contributed by atoms with Gasteiger partial charge >= 0.3 is 6.03 Å². The minimum atomic E-state index is -3.76. The smallest absolute Gasteiger partial charge is 0.320 e. The van der Waals surface area contributed by atoms with Crippen LogP contribution in [-0.2, 0) is 23.0 Å². The number of amides is 2. The zero-order valence-corrected chi connectivity index (χ0v) is 14.3. The van der Waals surface area contributed by atoms with Crippen molar-refractivity contribution in [1.29, 1.82) is 0 Å². The number of fused-ring (bicyclic) bond motifs is 1. The molecule has 0 bridgehead atoms. The summed E-state index contributed by atoms with van der Waals surface area (Å²) in [6.07, 6.45) is 0.656. The van der Waals surface area contributed by atoms with Gasteiger partial charge in [-0.25, -0.2) is 18.4 Å². The monoisotopic (exact) mass is 365 g/mol. The summed E-state index contributed by atoms with van der Waals surface area (Å²) in [5, 5.41) is 8.49. The number of carbonyl (C=O) groups is 1. The standard InChI is InChI=1S/C16H16ClN3O3S/c17-13-2-1-3-14(9-13)19-16(21)20-7-6-11-4-5-15(24(18,22)23)8-12(11)10-20/h1-5,8-9H,6-7,10H2,(H,19,21)(H2,18,22,23). The number of halogens is 1. The first kappa shape index (κ1) is 16.8. The summed E-state index contributed by atoms with van der Waals surface area (Å²) in [5.41, 5.74) is 2.42. The van der Waals surface area contributed by atoms with Crippen molar-refractivity contribution in [2.45, 2.75) is 17.9 Å². The zero-order valence-electron chi connectivity index (χ0n) is 12.7. The molecule has 1 heterocycles. The fraction of sp³-hybridized carbons (Fsp3) is 0.188. The van der Waals surface area contributed by atoms with E-state index < -0.39 is 10.0 Å². The molecule has 0 saturated carbocycles. The molecule has 0 atom stereocenters. The quantitative estimate of drug-likeness (QED) is 0.856. The number of anilines is 1. The molecule has 0 radical (unpaired) electrons. The number of sulfonamides is 1. The van der Waals surface area contributed by atoms with E-state index in [4.69, 9.17) is 16.7 Å². The van der Waals surface area contributed by atoms with Crippen molar-refractivity contribution in [2.75, 3.05) is 11.9 Å². The molecule has 1 aliphatic heterocycles. The van der Waals surface area contributed by atoms with E-state index in [1.54, 1.807) is 35.2 Å². The molecule has 3 N–H and O–H groups in total. The normalized spacial score (nSPS) is 14.2. The van der Waals surface area contributed by atoms with E-state index in [9.17, 15) is 13.2 Å². The Kier molecular flexibility index (Phi) is 4.49. The van der Waals surface area contributed by atoms with Crippen molar-refractivity contribution in [2.24, 2.45) is 5.14 Å². The van der Waals surface area contributed by atoms with Gasteiger partial charge in [-0.1, -0.05) is 23.7 Å². The fourth-order valence-electron chi connectivity index (χ4n) is 2.65. The van der Waals surface area contributed by atoms with Gasteiger partial charge in [0.2, 0.25) is 10.0 Å². The first-order valence-corrected chi connectivity index (χ1v) is 9.21. The third-order valence-corrected chi connectivity index (χ3v) is 5.03. The molecule has 0 aliphatic carbocycles. The van der Waals surface area contributed by atoms with Crippen molar-refractivity contribution < 1.29 is 13.2 Å². The average Bonchev–Trinajstić information content (AvgIpc) is 2.53. The van der Waals surface area contributed by atoms with Gasteiger partial charge in [0.1, 0.15) is 0 Å². The van der Waals surface area contributed by atoms with Gasteiger partial charge in [-0.15, -0.1) is 0 Å². The Bertz CT molecular complexity index is 899. The van der Waals surface area contributed by atoms with Crippen LogP contribution in [0.25, 0.3) is 0 Å². The van der Waals surface area contributed by atoms with Crippen LogP contribution in [0.4, 0.5) is 10.5 Å². The minimum absolute atomic E-state index is 0.0540. The Labute approximate surface area is 145 Å². The van der Waals surface area contributed by atoms with Crippen LogP contribution >= 0.6 is 11.6 Å². The Balaban J connectivity index is 1.77. The number of nitrogens with two attached hydrogens (primary N) is 1. The lowest BCUT2D eigenvalue weighted by molar-refractivity contribution is 0.206. The summed E-state index contributed by atoms with van der Waals surface area (Å²) in [6, 6.07) is 11.4. The van der Waals surface area contributed by atoms with Crippen LogP contribution in [0.3, 0.4) is 0 Å². The zero-order chi connectivity index (χ0) is 17.3. The number of primary sulfonamides is 1. The average molecular weight is 366 g/mol. The molecule has 0 unspecified atom stereocenters. The number of urea groups is 1. The maximum Gasteiger partial charge on any atom is 0.322 e. The summed E-state index contributed by atoms with van der Waals surface area (Å²) in [6.45, 7) is 0.874. The van der Waals surface area contributed by atoms with Crippen LogP contribution in [0.15, 0.2) is 47.4 Å². The molecular formula is C16H16ClN3O3S. The molecule has 8 heteroatoms. The second kappa shape index (κ2) is 6.43. The highest BCUT2D eigenvalue weighted by atomic mass is 35.5. The van der Waals surface area contributed by atoms with Crippen molar-refractivity contribution >= 4 is 33.3 Å². The van der Waals surface area contributed by atoms with Gasteiger partial charge in [0.25, 0.3) is 0 Å². The Morgan fingerprint density at radius 1 is 1.17 bits per heavy atom. The highest BCUT2D eigenvalue weighted by Crippen LogP contribution is 2.23. The first-order valence-electron chi connectivity index (χ1n) is 7.29. The summed E-state index contributed by atoms with van der Waals surface area (Å²) in [4.78, 5) is 14.1. The van der Waals surface area contributed by atoms with Crippen molar-refractivity contribution in [3.05, 3.63) is 58.6 Å². The third-order valence-electron chi connectivity index (χ3n) is 3.88. The van der Waals surface area contributed by atoms with Crippen LogP contribution < -0.4 is 10.5 Å². The number of nitrogens with one attached hydrogen (secondary N) is 1. The highest BCUT2D eigenvalue weighted by molar-refractivity contribution is 7.89. The molecule has 6 nitrogen and oxygen atoms in total. The molecule has 1 aliphatic rings. The van der Waals surface area contributed by atoms with Crippen LogP contribution in [0.5, 0.6) is 0 Å². The molecule has 2 aromatic rings. The van der Waals surface area contributed by atoms with E-state index in [2.05, 4.69) is 5.32 Å². The largest absolute Gasteiger partial charge is 0.322 e. The minimum Gasteiger partial charge on any atom is -0.320 e. The third kappa shape index (κ3) is 3.69. The van der Waals surface area contributed by atoms with Crippen LogP contribution in [0.2, 0.25) is 5.02 Å². The van der Waals surface area contributed by atoms with E-state index in [-0.39, 0.29) is 10.9 Å². The number of hydrogen-bond acceptors (Lipinski definition) is 3. The van der Waals surface area contributed by atoms with Crippen LogP contribution in [0.1, 0.15) is 11.1 Å². The Hall–Kier alpha value is -2.09. The lowest BCUT2D eigenvalue weighted by Gasteiger charge is -2.29. The lowest BCUT2D eigenvalue weighted by atomic mass is 10.0. The predicted octanol–water partition coefficient (Wildman–Crippen LogP) is 2.58. The molecule has 0 spiro atoms. The van der Waals surface area contributed by atoms with Crippen molar-refractivity contribution in [3.63, 3.8) is 0 Å². The van der Waals surface area contributed by atoms with Crippen molar-refractivity contribution in [3.8, 4) is 0 Å². The number of carbonyl (C=O) groups excluding carboxylic acids is 1. The maximum absolute atomic E-state index is 12.4. The van der Waals surface area contributed by atoms with Gasteiger partial charge in [-0.05, 0) is 47.9 Å². The van der Waals surface area contributed by atoms with Gasteiger partial charge in [-0.2, -0.15) is 0 Å². The predicted molar refractivity (Wildman–Crippen MR) is 92.4 cm³/mol. The van der Waals surface area contributed by atoms with Gasteiger partial charge in [0, 0.05) is 23.8 Å². The van der Waals surface area contributed by atoms with Crippen LogP contribution in [0, 0.1) is 0 Å². The molecule has 0 aromatic heterocycles. The Morgan fingerprint density at radius 3 is 2.67 bits per heavy atom. The second-order valence-corrected chi connectivity index (χ2v) is 7.59. The lowest BCUT2D eigenvalue weighted by Crippen LogP contribution is -2.39. The summed E-state index contributed by atoms with van der Waals surface area (Å²) in [7, 11) is -3.76. The van der Waals surface area contributed by atoms with Crippen molar-refractivity contribution in [1.82, 2.24) is 4.90 Å². The Morgan fingerprint density at radius 2 is 1.96 bits per heavy atom. The van der Waals surface area contributed by atoms with E-state index >= 15 is 0 Å². The van der Waals surface area contributed by atoms with Gasteiger partial charge in [0.05, 0.1) is 4.90 Å². The molecule has 3 rings (SSSR count). The number of hydrogen-bond donors (Lipinski definition) is 2. The fourth-order valence-corrected chi connectivity index (χ4v) is 3.41. The molecule has 24 heavy (non-hydrogen) atoms. The molecule has 2 amide bonds. The highest BCUT2D eigenvalue weighted by Gasteiger charge is 2.22. The maximum atomic E-state index is 12.4. The van der Waals surface area contributed by atoms with Gasteiger partial charge in [0.15, 0.2) is 0 Å². The first-order chi connectivity index (χ1) is 11.3. The van der Waals surface area contributed by atoms with Gasteiger partial charge < -0.3 is 10.2 Å². The number of rotatable bonds is 2. The van der Waals surface area contributed by atoms with Gasteiger partial charge in [-0.3, -0.25) is 0 Å². The summed E-state index contributed by atoms with van der Waals surface area (Å²) < 4.78 is 23.0. The van der Waals surface area contributed by atoms with E-state index in [0.717, 1.165) is 11.1 Å². The topological polar surface area (TPSA) is 92.5 Å². The molecule has 126 valence electrons. The summed E-state index contributed by atoms with van der Waals surface area (Å²) in [5.74, 6) is 0. The molecule has 2 aromatic carbocycles. The molecule has 0 saturated heterocycles. The van der Waals surface area contributed by atoms with E-state index in [0.29, 0.717) is 30.2 Å². The second-order valence-electron chi connectivity index (χ2n) is 5.59. The number of nitrogens with zero attached hydrogens (tertiary/aromatic N) is 1. The number of benzene rings is 2. The molecular weight excluding hydrogens is 350 g/mol. The van der Waals surface area contributed by atoms with E-state index in [1.165, 1.54) is 12.1 Å².